The third kappa shape index (κ3) is 1.46. The van der Waals surface area contributed by atoms with Crippen LogP contribution in [0.4, 0.5) is 0 Å². The predicted molar refractivity (Wildman–Crippen MR) is 62.8 cm³/mol. The van der Waals surface area contributed by atoms with E-state index in [-0.39, 0.29) is 16.9 Å². The zero-order chi connectivity index (χ0) is 12.6. The number of hydrogen-bond acceptors (Lipinski definition) is 3. The van der Waals surface area contributed by atoms with Crippen LogP contribution in [-0.2, 0) is 0 Å². The molecular formula is C14H8N2O. The third-order valence-corrected chi connectivity index (χ3v) is 2.74. The van der Waals surface area contributed by atoms with Gasteiger partial charge in [0.2, 0.25) is 0 Å². The molecule has 0 aliphatic heterocycles. The van der Waals surface area contributed by atoms with Gasteiger partial charge in [-0.1, -0.05) is 24.3 Å². The molecule has 1 aromatic rings. The molecule has 3 nitrogen and oxygen atoms in total. The minimum atomic E-state index is -0.207. The van der Waals surface area contributed by atoms with Crippen LogP contribution in [0.3, 0.4) is 0 Å². The van der Waals surface area contributed by atoms with Crippen molar-refractivity contribution in [3.63, 3.8) is 0 Å². The molecule has 0 aromatic heterocycles. The summed E-state index contributed by atoms with van der Waals surface area (Å²) in [7, 11) is 0. The van der Waals surface area contributed by atoms with E-state index in [1.165, 1.54) is 0 Å². The van der Waals surface area contributed by atoms with E-state index in [2.05, 4.69) is 6.58 Å². The van der Waals surface area contributed by atoms with E-state index >= 15 is 0 Å². The van der Waals surface area contributed by atoms with Gasteiger partial charge >= 0.3 is 0 Å². The van der Waals surface area contributed by atoms with Crippen LogP contribution in [0.1, 0.15) is 21.5 Å². The highest BCUT2D eigenvalue weighted by Crippen LogP contribution is 2.37. The molecule has 0 atom stereocenters. The minimum Gasteiger partial charge on any atom is -0.289 e. The topological polar surface area (TPSA) is 64.7 Å². The Morgan fingerprint density at radius 1 is 1.24 bits per heavy atom. The first-order valence-electron chi connectivity index (χ1n) is 4.99. The number of benzene rings is 1. The molecule has 1 aliphatic rings. The molecule has 0 saturated heterocycles. The van der Waals surface area contributed by atoms with Crippen molar-refractivity contribution >= 4 is 11.4 Å². The van der Waals surface area contributed by atoms with Crippen molar-refractivity contribution in [2.24, 2.45) is 0 Å². The Bertz CT molecular complexity index is 650. The van der Waals surface area contributed by atoms with Gasteiger partial charge in [0.25, 0.3) is 0 Å². The quantitative estimate of drug-likeness (QED) is 0.498. The van der Waals surface area contributed by atoms with Crippen LogP contribution in [-0.4, -0.2) is 5.78 Å². The molecule has 0 saturated carbocycles. The van der Waals surface area contributed by atoms with E-state index in [1.54, 1.807) is 24.3 Å². The average Bonchev–Trinajstić information content (AvgIpc) is 2.56. The zero-order valence-corrected chi connectivity index (χ0v) is 9.24. The molecule has 0 heterocycles. The number of rotatable bonds is 0. The van der Waals surface area contributed by atoms with Crippen molar-refractivity contribution < 1.29 is 4.79 Å². The molecule has 3 heteroatoms. The largest absolute Gasteiger partial charge is 0.289 e. The Balaban J connectivity index is 2.84. The zero-order valence-electron chi connectivity index (χ0n) is 9.24. The van der Waals surface area contributed by atoms with Crippen LogP contribution in [0.15, 0.2) is 35.9 Å². The number of carbonyl (C=O) groups excluding carboxylic acids is 1. The van der Waals surface area contributed by atoms with Crippen LogP contribution in [0.5, 0.6) is 0 Å². The molecule has 17 heavy (non-hydrogen) atoms. The first-order valence-corrected chi connectivity index (χ1v) is 4.99. The summed E-state index contributed by atoms with van der Waals surface area (Å²) in [6, 6.07) is 8.96. The van der Waals surface area contributed by atoms with E-state index < -0.39 is 0 Å². The second kappa shape index (κ2) is 3.73. The van der Waals surface area contributed by atoms with Gasteiger partial charge in [-0.15, -0.1) is 0 Å². The standard InChI is InChI=1S/C14H8N2O/c1-8-3-4-11-12(5-8)14(17)9(2)13(11)10(6-15)7-16/h3-5H,2H2,1H3. The van der Waals surface area contributed by atoms with E-state index in [0.717, 1.165) is 5.56 Å². The molecule has 0 fully saturated rings. The van der Waals surface area contributed by atoms with Crippen LogP contribution >= 0.6 is 0 Å². The lowest BCUT2D eigenvalue weighted by Crippen LogP contribution is -1.94. The number of aryl methyl sites for hydroxylation is 1. The van der Waals surface area contributed by atoms with Crippen molar-refractivity contribution in [3.8, 4) is 12.1 Å². The monoisotopic (exact) mass is 220 g/mol. The highest BCUT2D eigenvalue weighted by molar-refractivity contribution is 6.27. The van der Waals surface area contributed by atoms with Gasteiger partial charge in [0.15, 0.2) is 5.78 Å². The van der Waals surface area contributed by atoms with Crippen molar-refractivity contribution in [2.75, 3.05) is 0 Å². The van der Waals surface area contributed by atoms with E-state index in [9.17, 15) is 4.79 Å². The van der Waals surface area contributed by atoms with E-state index in [1.807, 2.05) is 13.0 Å². The Labute approximate surface area is 98.9 Å². The molecule has 2 rings (SSSR count). The third-order valence-electron chi connectivity index (χ3n) is 2.74. The number of nitriles is 2. The van der Waals surface area contributed by atoms with Gasteiger partial charge in [-0.3, -0.25) is 4.79 Å². The number of allylic oxidation sites excluding steroid dienone is 3. The first kappa shape index (κ1) is 10.9. The van der Waals surface area contributed by atoms with Gasteiger partial charge < -0.3 is 0 Å². The van der Waals surface area contributed by atoms with Crippen molar-refractivity contribution in [1.29, 1.82) is 10.5 Å². The van der Waals surface area contributed by atoms with Gasteiger partial charge in [-0.25, -0.2) is 0 Å². The first-order chi connectivity index (χ1) is 8.10. The average molecular weight is 220 g/mol. The summed E-state index contributed by atoms with van der Waals surface area (Å²) in [5, 5.41) is 17.8. The number of Topliss-reactive ketones (excluding diaryl/α,β-unsaturated/α-hetero) is 1. The SMILES string of the molecule is C=C1C(=O)c2cc(C)ccc2C1=C(C#N)C#N. The van der Waals surface area contributed by atoms with Gasteiger partial charge in [0.05, 0.1) is 0 Å². The highest BCUT2D eigenvalue weighted by atomic mass is 16.1. The Hall–Kier alpha value is -2.65. The van der Waals surface area contributed by atoms with Crippen LogP contribution in [0, 0.1) is 29.6 Å². The van der Waals surface area contributed by atoms with Crippen LogP contribution in [0.25, 0.3) is 5.57 Å². The van der Waals surface area contributed by atoms with Crippen molar-refractivity contribution in [2.45, 2.75) is 6.92 Å². The number of hydrogen-bond donors (Lipinski definition) is 0. The smallest absolute Gasteiger partial charge is 0.193 e. The van der Waals surface area contributed by atoms with Crippen molar-refractivity contribution in [3.05, 3.63) is 52.6 Å². The second-order valence-electron chi connectivity index (χ2n) is 3.83. The lowest BCUT2D eigenvalue weighted by Gasteiger charge is -2.00. The summed E-state index contributed by atoms with van der Waals surface area (Å²) < 4.78 is 0. The van der Waals surface area contributed by atoms with Gasteiger partial charge in [-0.05, 0) is 18.6 Å². The number of nitrogens with zero attached hydrogens (tertiary/aromatic N) is 2. The van der Waals surface area contributed by atoms with Gasteiger partial charge in [-0.2, -0.15) is 10.5 Å². The molecule has 0 radical (unpaired) electrons. The number of fused-ring (bicyclic) bond motifs is 1. The molecule has 0 N–H and O–H groups in total. The fraction of sp³-hybridized carbons (Fsp3) is 0.0714. The lowest BCUT2D eigenvalue weighted by atomic mass is 10.0. The van der Waals surface area contributed by atoms with Gasteiger partial charge in [0.1, 0.15) is 17.7 Å². The maximum atomic E-state index is 11.9. The number of ketones is 1. The fourth-order valence-corrected chi connectivity index (χ4v) is 1.92. The fourth-order valence-electron chi connectivity index (χ4n) is 1.92. The minimum absolute atomic E-state index is 0.0639. The highest BCUT2D eigenvalue weighted by Gasteiger charge is 2.30. The molecule has 0 unspecified atom stereocenters. The Morgan fingerprint density at radius 3 is 2.47 bits per heavy atom. The summed E-state index contributed by atoms with van der Waals surface area (Å²) in [6.07, 6.45) is 0. The Kier molecular flexibility index (Phi) is 2.38. The molecule has 1 aliphatic carbocycles. The molecule has 1 aromatic carbocycles. The van der Waals surface area contributed by atoms with Crippen molar-refractivity contribution in [1.82, 2.24) is 0 Å². The summed E-state index contributed by atoms with van der Waals surface area (Å²) in [5.74, 6) is -0.207. The second-order valence-corrected chi connectivity index (χ2v) is 3.83. The molecular weight excluding hydrogens is 212 g/mol. The summed E-state index contributed by atoms with van der Waals surface area (Å²) in [4.78, 5) is 11.9. The summed E-state index contributed by atoms with van der Waals surface area (Å²) in [6.45, 7) is 5.55. The molecule has 80 valence electrons. The van der Waals surface area contributed by atoms with E-state index in [4.69, 9.17) is 10.5 Å². The van der Waals surface area contributed by atoms with Crippen LogP contribution < -0.4 is 0 Å². The van der Waals surface area contributed by atoms with Gasteiger partial charge in [0, 0.05) is 16.7 Å². The molecule has 0 bridgehead atoms. The van der Waals surface area contributed by atoms with E-state index in [0.29, 0.717) is 16.7 Å². The summed E-state index contributed by atoms with van der Waals surface area (Å²) >= 11 is 0. The lowest BCUT2D eigenvalue weighted by molar-refractivity contribution is 0.104. The molecule has 0 amide bonds. The normalized spacial score (nSPS) is 13.0. The summed E-state index contributed by atoms with van der Waals surface area (Å²) in [5.41, 5.74) is 2.64. The maximum absolute atomic E-state index is 11.9. The number of carbonyl (C=O) groups is 1. The molecule has 0 spiro atoms. The Morgan fingerprint density at radius 2 is 1.88 bits per heavy atom. The maximum Gasteiger partial charge on any atom is 0.193 e. The predicted octanol–water partition coefficient (Wildman–Crippen LogP) is 2.55. The van der Waals surface area contributed by atoms with Crippen LogP contribution in [0.2, 0.25) is 0 Å².